The third-order valence-electron chi connectivity index (χ3n) is 3.11. The van der Waals surface area contributed by atoms with E-state index in [9.17, 15) is 4.79 Å². The zero-order chi connectivity index (χ0) is 13.1. The van der Waals surface area contributed by atoms with Gasteiger partial charge in [0.2, 0.25) is 0 Å². The highest BCUT2D eigenvalue weighted by atomic mass is 16.1. The highest BCUT2D eigenvalue weighted by Crippen LogP contribution is 2.10. The molecule has 0 bridgehead atoms. The fourth-order valence-corrected chi connectivity index (χ4v) is 1.95. The molecule has 0 saturated carbocycles. The third-order valence-corrected chi connectivity index (χ3v) is 3.11. The number of aryl methyl sites for hydroxylation is 3. The van der Waals surface area contributed by atoms with Crippen LogP contribution in [0.3, 0.4) is 0 Å². The van der Waals surface area contributed by atoms with Gasteiger partial charge in [-0.25, -0.2) is 0 Å². The van der Waals surface area contributed by atoms with Crippen molar-refractivity contribution in [3.05, 3.63) is 42.0 Å². The molecule has 4 nitrogen and oxygen atoms in total. The van der Waals surface area contributed by atoms with Gasteiger partial charge in [-0.3, -0.25) is 9.48 Å². The van der Waals surface area contributed by atoms with E-state index in [0.717, 1.165) is 18.5 Å². The molecule has 0 aliphatic carbocycles. The van der Waals surface area contributed by atoms with Crippen molar-refractivity contribution in [2.45, 2.75) is 26.8 Å². The summed E-state index contributed by atoms with van der Waals surface area (Å²) in [6.45, 7) is 4.72. The van der Waals surface area contributed by atoms with Crippen LogP contribution in [0.25, 0.3) is 0 Å². The first-order valence-corrected chi connectivity index (χ1v) is 6.25. The maximum absolute atomic E-state index is 11.8. The van der Waals surface area contributed by atoms with Gasteiger partial charge < -0.3 is 4.57 Å². The van der Waals surface area contributed by atoms with Crippen LogP contribution in [0.4, 0.5) is 0 Å². The first kappa shape index (κ1) is 12.6. The zero-order valence-corrected chi connectivity index (χ0v) is 11.1. The molecule has 0 N–H and O–H groups in total. The van der Waals surface area contributed by atoms with Crippen molar-refractivity contribution in [2.75, 3.05) is 0 Å². The van der Waals surface area contributed by atoms with Crippen LogP contribution in [0.5, 0.6) is 0 Å². The highest BCUT2D eigenvalue weighted by Gasteiger charge is 2.11. The van der Waals surface area contributed by atoms with Gasteiger partial charge in [-0.05, 0) is 12.1 Å². The Morgan fingerprint density at radius 3 is 2.78 bits per heavy atom. The van der Waals surface area contributed by atoms with Crippen molar-refractivity contribution >= 4 is 5.78 Å². The molecule has 0 aromatic carbocycles. The lowest BCUT2D eigenvalue weighted by atomic mass is 10.0. The average Bonchev–Trinajstić information content (AvgIpc) is 2.94. The van der Waals surface area contributed by atoms with E-state index >= 15 is 0 Å². The molecule has 2 rings (SSSR count). The topological polar surface area (TPSA) is 39.8 Å². The predicted molar refractivity (Wildman–Crippen MR) is 70.5 cm³/mol. The van der Waals surface area contributed by atoms with E-state index < -0.39 is 0 Å². The van der Waals surface area contributed by atoms with Gasteiger partial charge in [0.05, 0.1) is 0 Å². The summed E-state index contributed by atoms with van der Waals surface area (Å²) in [5, 5.41) is 4.14. The van der Waals surface area contributed by atoms with Crippen LogP contribution >= 0.6 is 0 Å². The second-order valence-corrected chi connectivity index (χ2v) is 4.85. The zero-order valence-electron chi connectivity index (χ0n) is 11.1. The number of hydrogen-bond acceptors (Lipinski definition) is 2. The fourth-order valence-electron chi connectivity index (χ4n) is 1.95. The first-order chi connectivity index (χ1) is 8.58. The maximum Gasteiger partial charge on any atom is 0.166 e. The summed E-state index contributed by atoms with van der Waals surface area (Å²) < 4.78 is 3.94. The molecule has 0 aliphatic rings. The van der Waals surface area contributed by atoms with E-state index in [1.807, 2.05) is 50.1 Å². The largest absolute Gasteiger partial charge is 0.353 e. The Balaban J connectivity index is 1.99. The molecule has 0 amide bonds. The standard InChI is InChI=1S/C14H19N3O/c1-11(2)14(18)12-5-8-17(10-12)9-6-13-4-7-15-16(13)3/h4-5,7-8,10-11H,6,9H2,1-3H3. The van der Waals surface area contributed by atoms with Crippen LogP contribution < -0.4 is 0 Å². The lowest BCUT2D eigenvalue weighted by Crippen LogP contribution is -2.07. The second kappa shape index (κ2) is 5.21. The Labute approximate surface area is 107 Å². The summed E-state index contributed by atoms with van der Waals surface area (Å²) in [6.07, 6.45) is 6.61. The summed E-state index contributed by atoms with van der Waals surface area (Å²) in [5.74, 6) is 0.257. The van der Waals surface area contributed by atoms with E-state index in [0.29, 0.717) is 0 Å². The van der Waals surface area contributed by atoms with Crippen LogP contribution in [0.1, 0.15) is 29.9 Å². The van der Waals surface area contributed by atoms with Crippen LogP contribution in [-0.2, 0) is 20.0 Å². The van der Waals surface area contributed by atoms with E-state index in [1.165, 1.54) is 5.69 Å². The van der Waals surface area contributed by atoms with Gasteiger partial charge in [0.25, 0.3) is 0 Å². The number of nitrogens with zero attached hydrogens (tertiary/aromatic N) is 3. The van der Waals surface area contributed by atoms with E-state index in [2.05, 4.69) is 9.67 Å². The Morgan fingerprint density at radius 2 is 2.17 bits per heavy atom. The average molecular weight is 245 g/mol. The number of ketones is 1. The molecule has 0 saturated heterocycles. The van der Waals surface area contributed by atoms with Gasteiger partial charge in [0, 0.05) is 55.8 Å². The molecule has 4 heteroatoms. The van der Waals surface area contributed by atoms with Crippen LogP contribution in [-0.4, -0.2) is 20.1 Å². The third kappa shape index (κ3) is 2.70. The molecular formula is C14H19N3O. The van der Waals surface area contributed by atoms with E-state index in [4.69, 9.17) is 0 Å². The normalized spacial score (nSPS) is 11.1. The van der Waals surface area contributed by atoms with Crippen molar-refractivity contribution in [3.8, 4) is 0 Å². The van der Waals surface area contributed by atoms with Crippen molar-refractivity contribution in [1.82, 2.24) is 14.3 Å². The predicted octanol–water partition coefficient (Wildman–Crippen LogP) is 2.30. The van der Waals surface area contributed by atoms with Gasteiger partial charge in [-0.15, -0.1) is 0 Å². The SMILES string of the molecule is CC(C)C(=O)c1ccn(CCc2ccnn2C)c1. The van der Waals surface area contributed by atoms with Gasteiger partial charge in [-0.1, -0.05) is 13.8 Å². The van der Waals surface area contributed by atoms with Gasteiger partial charge in [0.1, 0.15) is 0 Å². The molecule has 96 valence electrons. The molecular weight excluding hydrogens is 226 g/mol. The maximum atomic E-state index is 11.8. The molecule has 0 spiro atoms. The minimum atomic E-state index is 0.0536. The lowest BCUT2D eigenvalue weighted by molar-refractivity contribution is 0.0939. The van der Waals surface area contributed by atoms with Crippen molar-refractivity contribution < 1.29 is 4.79 Å². The number of carbonyl (C=O) groups is 1. The lowest BCUT2D eigenvalue weighted by Gasteiger charge is -2.04. The van der Waals surface area contributed by atoms with Crippen LogP contribution in [0.2, 0.25) is 0 Å². The van der Waals surface area contributed by atoms with Crippen molar-refractivity contribution in [2.24, 2.45) is 13.0 Å². The number of rotatable bonds is 5. The molecule has 0 fully saturated rings. The minimum Gasteiger partial charge on any atom is -0.353 e. The molecule has 18 heavy (non-hydrogen) atoms. The van der Waals surface area contributed by atoms with Crippen LogP contribution in [0, 0.1) is 5.92 Å². The van der Waals surface area contributed by atoms with Crippen molar-refractivity contribution in [1.29, 1.82) is 0 Å². The Kier molecular flexibility index (Phi) is 3.65. The van der Waals surface area contributed by atoms with Gasteiger partial charge in [0.15, 0.2) is 5.78 Å². The van der Waals surface area contributed by atoms with Crippen LogP contribution in [0.15, 0.2) is 30.7 Å². The number of hydrogen-bond donors (Lipinski definition) is 0. The Morgan fingerprint density at radius 1 is 1.39 bits per heavy atom. The summed E-state index contributed by atoms with van der Waals surface area (Å²) in [4.78, 5) is 11.8. The molecule has 0 radical (unpaired) electrons. The number of Topliss-reactive ketones (excluding diaryl/α,β-unsaturated/α-hetero) is 1. The van der Waals surface area contributed by atoms with E-state index in [1.54, 1.807) is 6.20 Å². The van der Waals surface area contributed by atoms with Gasteiger partial charge in [-0.2, -0.15) is 5.10 Å². The Hall–Kier alpha value is -1.84. The molecule has 0 unspecified atom stereocenters. The molecule has 2 heterocycles. The highest BCUT2D eigenvalue weighted by molar-refractivity contribution is 5.97. The summed E-state index contributed by atoms with van der Waals surface area (Å²) in [7, 11) is 1.94. The second-order valence-electron chi connectivity index (χ2n) is 4.85. The summed E-state index contributed by atoms with van der Waals surface area (Å²) in [5.41, 5.74) is 2.00. The number of aromatic nitrogens is 3. The van der Waals surface area contributed by atoms with Gasteiger partial charge >= 0.3 is 0 Å². The number of carbonyl (C=O) groups excluding carboxylic acids is 1. The summed E-state index contributed by atoms with van der Waals surface area (Å²) in [6, 6.07) is 3.91. The van der Waals surface area contributed by atoms with E-state index in [-0.39, 0.29) is 11.7 Å². The minimum absolute atomic E-state index is 0.0536. The summed E-state index contributed by atoms with van der Waals surface area (Å²) >= 11 is 0. The molecule has 2 aromatic heterocycles. The fraction of sp³-hybridized carbons (Fsp3) is 0.429. The molecule has 2 aromatic rings. The molecule has 0 atom stereocenters. The monoisotopic (exact) mass is 245 g/mol. The van der Waals surface area contributed by atoms with Crippen molar-refractivity contribution in [3.63, 3.8) is 0 Å². The Bertz CT molecular complexity index is 537. The first-order valence-electron chi connectivity index (χ1n) is 6.25. The molecule has 0 aliphatic heterocycles. The quantitative estimate of drug-likeness (QED) is 0.758. The smallest absolute Gasteiger partial charge is 0.166 e.